The fourth-order valence-corrected chi connectivity index (χ4v) is 22.4. The summed E-state index contributed by atoms with van der Waals surface area (Å²) < 4.78 is 0. The Balaban J connectivity index is 1.94. The third-order valence-electron chi connectivity index (χ3n) is 7.80. The van der Waals surface area contributed by atoms with Crippen molar-refractivity contribution in [3.05, 3.63) is 0 Å². The SMILES string of the molecule is CC12CCC3(N)C4(N)C5(N)CC(N)(C1)P2354. The van der Waals surface area contributed by atoms with E-state index in [9.17, 15) is 0 Å². The Bertz CT molecular complexity index is 478. The molecule has 5 heteroatoms. The van der Waals surface area contributed by atoms with Gasteiger partial charge in [0.2, 0.25) is 0 Å². The van der Waals surface area contributed by atoms with Crippen LogP contribution in [0, 0.1) is 0 Å². The van der Waals surface area contributed by atoms with Crippen LogP contribution in [0.3, 0.4) is 0 Å². The van der Waals surface area contributed by atoms with E-state index in [2.05, 4.69) is 6.92 Å². The molecule has 0 amide bonds. The predicted molar refractivity (Wildman–Crippen MR) is 61.5 cm³/mol. The van der Waals surface area contributed by atoms with Crippen molar-refractivity contribution < 1.29 is 0 Å². The fraction of sp³-hybridized carbons (Fsp3) is 1.00. The second-order valence-corrected chi connectivity index (χ2v) is 13.7. The fourth-order valence-electron chi connectivity index (χ4n) is 8.23. The Kier molecular flexibility index (Phi) is 0.716. The molecule has 0 aromatic rings. The van der Waals surface area contributed by atoms with E-state index in [1.54, 1.807) is 0 Å². The molecular formula is C10H19N4P. The maximum atomic E-state index is 6.61. The first kappa shape index (κ1) is 8.37. The van der Waals surface area contributed by atoms with Crippen LogP contribution in [0.25, 0.3) is 0 Å². The van der Waals surface area contributed by atoms with Crippen LogP contribution in [0.5, 0.6) is 0 Å². The number of hydrogen-bond acceptors (Lipinski definition) is 4. The molecule has 5 aliphatic heterocycles. The molecule has 0 bridgehead atoms. The van der Waals surface area contributed by atoms with Gasteiger partial charge in [0.1, 0.15) is 0 Å². The zero-order chi connectivity index (χ0) is 10.8. The zero-order valence-electron chi connectivity index (χ0n) is 9.09. The molecule has 5 unspecified atom stereocenters. The molecule has 0 aliphatic carbocycles. The first-order valence-corrected chi connectivity index (χ1v) is 8.13. The van der Waals surface area contributed by atoms with Gasteiger partial charge in [-0.25, -0.2) is 0 Å². The normalized spacial score (nSPS) is 84.7. The van der Waals surface area contributed by atoms with Gasteiger partial charge in [-0.3, -0.25) is 0 Å². The summed E-state index contributed by atoms with van der Waals surface area (Å²) in [5.41, 5.74) is 26.3. The summed E-state index contributed by atoms with van der Waals surface area (Å²) in [4.78, 5) is 0. The number of hydrogen-bond donors (Lipinski definition) is 4. The van der Waals surface area contributed by atoms with Crippen molar-refractivity contribution in [2.75, 3.05) is 0 Å². The molecular weight excluding hydrogens is 207 g/mol. The van der Waals surface area contributed by atoms with E-state index in [0.29, 0.717) is 5.16 Å². The Morgan fingerprint density at radius 1 is 0.933 bits per heavy atom. The molecule has 0 radical (unpaired) electrons. The van der Waals surface area contributed by atoms with Crippen molar-refractivity contribution in [2.24, 2.45) is 22.9 Å². The molecule has 0 aromatic carbocycles. The molecule has 5 aliphatic rings. The second kappa shape index (κ2) is 1.28. The van der Waals surface area contributed by atoms with E-state index in [4.69, 9.17) is 22.9 Å². The maximum absolute atomic E-state index is 6.61. The van der Waals surface area contributed by atoms with E-state index in [0.717, 1.165) is 19.3 Å². The van der Waals surface area contributed by atoms with E-state index in [-0.39, 0.29) is 21.1 Å². The molecule has 1 spiro atoms. The van der Waals surface area contributed by atoms with Crippen LogP contribution in [0.15, 0.2) is 0 Å². The summed E-state index contributed by atoms with van der Waals surface area (Å²) >= 11 is 0. The Hall–Kier alpha value is 0.270. The average molecular weight is 226 g/mol. The van der Waals surface area contributed by atoms with E-state index in [1.807, 2.05) is 0 Å². The Labute approximate surface area is 89.0 Å². The second-order valence-electron chi connectivity index (χ2n) is 7.19. The Morgan fingerprint density at radius 2 is 1.60 bits per heavy atom. The summed E-state index contributed by atoms with van der Waals surface area (Å²) in [6.45, 7) is 0.233. The van der Waals surface area contributed by atoms with Gasteiger partial charge in [0.05, 0.1) is 0 Å². The first-order valence-electron chi connectivity index (χ1n) is 5.89. The third-order valence-corrected chi connectivity index (χ3v) is 18.5. The number of nitrogens with two attached hydrogens (primary N) is 4. The molecule has 5 rings (SSSR count). The van der Waals surface area contributed by atoms with Gasteiger partial charge in [-0.1, -0.05) is 0 Å². The Morgan fingerprint density at radius 3 is 1.93 bits per heavy atom. The summed E-state index contributed by atoms with van der Waals surface area (Å²) in [5, 5.41) is -0.0451. The summed E-state index contributed by atoms with van der Waals surface area (Å²) in [6, 6.07) is 0. The minimum atomic E-state index is -2.13. The molecule has 5 heterocycles. The van der Waals surface area contributed by atoms with Crippen LogP contribution >= 0.6 is 6.60 Å². The molecule has 5 fully saturated rings. The van der Waals surface area contributed by atoms with Gasteiger partial charge < -0.3 is 0 Å². The van der Waals surface area contributed by atoms with Gasteiger partial charge >= 0.3 is 88.4 Å². The standard InChI is InChI=1S/C10H19N4P/c1-6-2-3-8(12)10(14)9(13)5-7(11,4-6)15(6,8,9)10/h2-5,11-14H2,1H3. The number of fused-ring (bicyclic) bond motifs is 2. The van der Waals surface area contributed by atoms with Crippen molar-refractivity contribution in [3.63, 3.8) is 0 Å². The number of rotatable bonds is 0. The molecule has 8 N–H and O–H groups in total. The van der Waals surface area contributed by atoms with Crippen LogP contribution in [0.2, 0.25) is 0 Å². The van der Waals surface area contributed by atoms with Crippen molar-refractivity contribution in [2.45, 2.75) is 58.9 Å². The van der Waals surface area contributed by atoms with Crippen LogP contribution in [-0.2, 0) is 0 Å². The summed E-state index contributed by atoms with van der Waals surface area (Å²) in [6.07, 6.45) is 4.38. The monoisotopic (exact) mass is 226 g/mol. The van der Waals surface area contributed by atoms with E-state index < -0.39 is 6.60 Å². The molecule has 84 valence electrons. The predicted octanol–water partition coefficient (Wildman–Crippen LogP) is -0.453. The third kappa shape index (κ3) is 0.247. The summed E-state index contributed by atoms with van der Waals surface area (Å²) in [5.74, 6) is 0. The van der Waals surface area contributed by atoms with Gasteiger partial charge in [0.25, 0.3) is 0 Å². The quantitative estimate of drug-likeness (QED) is 0.420. The molecule has 4 nitrogen and oxygen atoms in total. The average Bonchev–Trinajstić information content (AvgIpc) is 2.68. The van der Waals surface area contributed by atoms with E-state index >= 15 is 0 Å². The van der Waals surface area contributed by atoms with Gasteiger partial charge in [-0.05, 0) is 0 Å². The molecule has 15 heavy (non-hydrogen) atoms. The van der Waals surface area contributed by atoms with Gasteiger partial charge in [-0.15, -0.1) is 0 Å². The van der Waals surface area contributed by atoms with Crippen LogP contribution in [-0.4, -0.2) is 26.3 Å². The topological polar surface area (TPSA) is 104 Å². The molecule has 5 saturated heterocycles. The molecule has 5 atom stereocenters. The minimum absolute atomic E-state index is 0.00486. The van der Waals surface area contributed by atoms with Crippen LogP contribution in [0.1, 0.15) is 32.6 Å². The van der Waals surface area contributed by atoms with Gasteiger partial charge in [0.15, 0.2) is 0 Å². The first-order chi connectivity index (χ1) is 6.74. The van der Waals surface area contributed by atoms with Crippen LogP contribution < -0.4 is 22.9 Å². The molecule has 0 aromatic heterocycles. The van der Waals surface area contributed by atoms with Crippen LogP contribution in [0.4, 0.5) is 0 Å². The zero-order valence-corrected chi connectivity index (χ0v) is 9.98. The van der Waals surface area contributed by atoms with E-state index in [1.165, 1.54) is 6.42 Å². The summed E-state index contributed by atoms with van der Waals surface area (Å²) in [7, 11) is 0. The van der Waals surface area contributed by atoms with Gasteiger partial charge in [-0.2, -0.15) is 0 Å². The van der Waals surface area contributed by atoms with Crippen molar-refractivity contribution in [3.8, 4) is 0 Å². The van der Waals surface area contributed by atoms with Crippen molar-refractivity contribution in [1.82, 2.24) is 0 Å². The van der Waals surface area contributed by atoms with Crippen molar-refractivity contribution >= 4 is 6.60 Å². The van der Waals surface area contributed by atoms with Gasteiger partial charge in [0, 0.05) is 0 Å². The molecule has 0 saturated carbocycles. The van der Waals surface area contributed by atoms with Crippen molar-refractivity contribution in [1.29, 1.82) is 0 Å².